The Kier molecular flexibility index (Phi) is 6.99. The van der Waals surface area contributed by atoms with Crippen LogP contribution in [0.2, 0.25) is 0 Å². The molecule has 0 spiro atoms. The van der Waals surface area contributed by atoms with Gasteiger partial charge in [-0.1, -0.05) is 40.5 Å². The maximum Gasteiger partial charge on any atom is 0.330 e. The van der Waals surface area contributed by atoms with Crippen LogP contribution in [0.15, 0.2) is 0 Å². The van der Waals surface area contributed by atoms with Gasteiger partial charge in [0, 0.05) is 0 Å². The predicted molar refractivity (Wildman–Crippen MR) is 66.0 cm³/mol. The van der Waals surface area contributed by atoms with Gasteiger partial charge in [-0.15, -0.1) is 0 Å². The summed E-state index contributed by atoms with van der Waals surface area (Å²) in [6.45, 7) is 7.52. The van der Waals surface area contributed by atoms with Gasteiger partial charge < -0.3 is 16.2 Å². The zero-order valence-corrected chi connectivity index (χ0v) is 11.1. The molecular weight excluding hydrogens is 220 g/mol. The molecule has 100 valence electrons. The molecule has 17 heavy (non-hydrogen) atoms. The number of esters is 2. The third-order valence-electron chi connectivity index (χ3n) is 3.26. The summed E-state index contributed by atoms with van der Waals surface area (Å²) < 4.78 is 4.69. The number of carbonyl (C=O) groups is 2. The summed E-state index contributed by atoms with van der Waals surface area (Å²) in [5, 5.41) is 0. The number of rotatable bonds is 6. The van der Waals surface area contributed by atoms with E-state index >= 15 is 0 Å². The summed E-state index contributed by atoms with van der Waals surface area (Å²) in [5.74, 6) is -1.42. The van der Waals surface area contributed by atoms with Crippen LogP contribution in [0.25, 0.3) is 0 Å². The Balaban J connectivity index is 4.34. The first kappa shape index (κ1) is 16.1. The van der Waals surface area contributed by atoms with Crippen LogP contribution in [0.1, 0.15) is 40.5 Å². The van der Waals surface area contributed by atoms with E-state index < -0.39 is 24.0 Å². The largest absolute Gasteiger partial charge is 0.391 e. The van der Waals surface area contributed by atoms with Crippen molar-refractivity contribution in [2.24, 2.45) is 23.3 Å². The molecule has 0 amide bonds. The van der Waals surface area contributed by atoms with Gasteiger partial charge in [-0.2, -0.15) is 0 Å². The molecule has 0 aromatic heterocycles. The normalized spacial score (nSPS) is 18.0. The monoisotopic (exact) mass is 244 g/mol. The minimum absolute atomic E-state index is 0.0184. The van der Waals surface area contributed by atoms with Crippen molar-refractivity contribution in [3.63, 3.8) is 0 Å². The lowest BCUT2D eigenvalue weighted by Crippen LogP contribution is -2.44. The first-order valence-electron chi connectivity index (χ1n) is 6.11. The fourth-order valence-electron chi connectivity index (χ4n) is 1.21. The van der Waals surface area contributed by atoms with Crippen LogP contribution in [0.4, 0.5) is 0 Å². The molecule has 5 nitrogen and oxygen atoms in total. The van der Waals surface area contributed by atoms with Crippen LogP contribution >= 0.6 is 0 Å². The summed E-state index contributed by atoms with van der Waals surface area (Å²) in [5.41, 5.74) is 11.3. The molecule has 0 aliphatic rings. The van der Waals surface area contributed by atoms with E-state index in [4.69, 9.17) is 16.2 Å². The standard InChI is InChI=1S/C12H24N2O3/c1-5-7(3)9(13)11(15)17-12(16)10(14)8(4)6-2/h7-10H,5-6,13-14H2,1-4H3/t7-,8?,9-,10?/m0/s1. The lowest BCUT2D eigenvalue weighted by Gasteiger charge is -2.19. The topological polar surface area (TPSA) is 95.4 Å². The summed E-state index contributed by atoms with van der Waals surface area (Å²) in [4.78, 5) is 23.1. The Morgan fingerprint density at radius 1 is 0.941 bits per heavy atom. The SMILES string of the molecule is CCC(C)C(N)C(=O)OC(=O)[C@@H](N)[C@@H](C)CC. The van der Waals surface area contributed by atoms with Gasteiger partial charge in [-0.3, -0.25) is 0 Å². The number of ether oxygens (including phenoxy) is 1. The molecule has 0 radical (unpaired) electrons. The van der Waals surface area contributed by atoms with Crippen molar-refractivity contribution in [1.82, 2.24) is 0 Å². The first-order chi connectivity index (χ1) is 7.84. The maximum atomic E-state index is 11.5. The third kappa shape index (κ3) is 4.83. The summed E-state index contributed by atoms with van der Waals surface area (Å²) in [6.07, 6.45) is 1.50. The van der Waals surface area contributed by atoms with Gasteiger partial charge in [-0.25, -0.2) is 9.59 Å². The zero-order chi connectivity index (χ0) is 13.6. The van der Waals surface area contributed by atoms with E-state index in [0.29, 0.717) is 0 Å². The minimum Gasteiger partial charge on any atom is -0.391 e. The molecule has 0 heterocycles. The van der Waals surface area contributed by atoms with Gasteiger partial charge in [0.25, 0.3) is 0 Å². The van der Waals surface area contributed by atoms with Crippen LogP contribution in [-0.4, -0.2) is 24.0 Å². The fourth-order valence-corrected chi connectivity index (χ4v) is 1.21. The highest BCUT2D eigenvalue weighted by Gasteiger charge is 2.28. The van der Waals surface area contributed by atoms with Crippen LogP contribution in [0, 0.1) is 11.8 Å². The molecule has 4 atom stereocenters. The molecular formula is C12H24N2O3. The second-order valence-corrected chi connectivity index (χ2v) is 4.56. The lowest BCUT2D eigenvalue weighted by atomic mass is 9.99. The molecule has 2 unspecified atom stereocenters. The maximum absolute atomic E-state index is 11.5. The first-order valence-corrected chi connectivity index (χ1v) is 6.11. The highest BCUT2D eigenvalue weighted by Crippen LogP contribution is 2.10. The number of carbonyl (C=O) groups excluding carboxylic acids is 2. The van der Waals surface area contributed by atoms with E-state index in [2.05, 4.69) is 0 Å². The Morgan fingerprint density at radius 2 is 1.24 bits per heavy atom. The van der Waals surface area contributed by atoms with E-state index in [1.165, 1.54) is 0 Å². The predicted octanol–water partition coefficient (Wildman–Crippen LogP) is 0.803. The highest BCUT2D eigenvalue weighted by molar-refractivity contribution is 5.90. The van der Waals surface area contributed by atoms with Crippen LogP contribution in [-0.2, 0) is 14.3 Å². The molecule has 0 aliphatic heterocycles. The van der Waals surface area contributed by atoms with Crippen molar-refractivity contribution in [3.8, 4) is 0 Å². The van der Waals surface area contributed by atoms with E-state index in [1.807, 2.05) is 27.7 Å². The van der Waals surface area contributed by atoms with Gasteiger partial charge in [0.1, 0.15) is 12.1 Å². The molecule has 4 N–H and O–H groups in total. The second-order valence-electron chi connectivity index (χ2n) is 4.56. The van der Waals surface area contributed by atoms with Crippen molar-refractivity contribution in [1.29, 1.82) is 0 Å². The molecule has 0 fully saturated rings. The highest BCUT2D eigenvalue weighted by atomic mass is 16.6. The van der Waals surface area contributed by atoms with Gasteiger partial charge >= 0.3 is 11.9 Å². The van der Waals surface area contributed by atoms with E-state index in [1.54, 1.807) is 0 Å². The summed E-state index contributed by atoms with van der Waals surface area (Å²) in [6, 6.07) is -1.54. The van der Waals surface area contributed by atoms with E-state index in [9.17, 15) is 9.59 Å². The van der Waals surface area contributed by atoms with Gasteiger partial charge in [0.15, 0.2) is 0 Å². The smallest absolute Gasteiger partial charge is 0.330 e. The molecule has 0 aliphatic carbocycles. The van der Waals surface area contributed by atoms with Crippen LogP contribution in [0.3, 0.4) is 0 Å². The Hall–Kier alpha value is -0.940. The van der Waals surface area contributed by atoms with Crippen molar-refractivity contribution in [2.75, 3.05) is 0 Å². The average molecular weight is 244 g/mol. The summed E-state index contributed by atoms with van der Waals surface area (Å²) >= 11 is 0. The van der Waals surface area contributed by atoms with Gasteiger partial charge in [0.05, 0.1) is 0 Å². The fraction of sp³-hybridized carbons (Fsp3) is 0.833. The molecule has 0 saturated carbocycles. The van der Waals surface area contributed by atoms with Crippen LogP contribution in [0.5, 0.6) is 0 Å². The molecule has 0 bridgehead atoms. The van der Waals surface area contributed by atoms with E-state index in [-0.39, 0.29) is 11.8 Å². The quantitative estimate of drug-likeness (QED) is 0.532. The Morgan fingerprint density at radius 3 is 1.47 bits per heavy atom. The summed E-state index contributed by atoms with van der Waals surface area (Å²) in [7, 11) is 0. The number of nitrogens with two attached hydrogens (primary N) is 2. The van der Waals surface area contributed by atoms with Crippen LogP contribution < -0.4 is 11.5 Å². The molecule has 0 aromatic rings. The Bertz CT molecular complexity index is 242. The molecule has 5 heteroatoms. The van der Waals surface area contributed by atoms with Gasteiger partial charge in [0.2, 0.25) is 0 Å². The lowest BCUT2D eigenvalue weighted by molar-refractivity contribution is -0.163. The number of hydrogen-bond donors (Lipinski definition) is 2. The van der Waals surface area contributed by atoms with Gasteiger partial charge in [-0.05, 0) is 11.8 Å². The number of hydrogen-bond acceptors (Lipinski definition) is 5. The molecule has 0 rings (SSSR count). The van der Waals surface area contributed by atoms with E-state index in [0.717, 1.165) is 12.8 Å². The van der Waals surface area contributed by atoms with Crippen molar-refractivity contribution < 1.29 is 14.3 Å². The second kappa shape index (κ2) is 7.40. The molecule has 0 aromatic carbocycles. The van der Waals surface area contributed by atoms with Crippen molar-refractivity contribution in [2.45, 2.75) is 52.6 Å². The third-order valence-corrected chi connectivity index (χ3v) is 3.26. The van der Waals surface area contributed by atoms with Crippen molar-refractivity contribution >= 4 is 11.9 Å². The average Bonchev–Trinajstić information content (AvgIpc) is 2.34. The Labute approximate surface area is 103 Å². The minimum atomic E-state index is -0.770. The molecule has 0 saturated heterocycles. The zero-order valence-electron chi connectivity index (χ0n) is 11.1. The van der Waals surface area contributed by atoms with Crippen molar-refractivity contribution in [3.05, 3.63) is 0 Å².